The minimum Gasteiger partial charge on any atom is -0.389 e. The van der Waals surface area contributed by atoms with Gasteiger partial charge >= 0.3 is 0 Å². The molecule has 14 heteroatoms. The fourth-order valence-corrected chi connectivity index (χ4v) is 2.89. The Hall–Kier alpha value is 0.760. The summed E-state index contributed by atoms with van der Waals surface area (Å²) in [5.41, 5.74) is 22.8. The number of nitrogens with two attached hydrogens (primary N) is 4. The van der Waals surface area contributed by atoms with Crippen molar-refractivity contribution >= 4 is 49.6 Å². The van der Waals surface area contributed by atoms with E-state index in [0.29, 0.717) is 0 Å². The Morgan fingerprint density at radius 2 is 1.35 bits per heavy atom. The first-order valence-electron chi connectivity index (χ1n) is 7.28. The van der Waals surface area contributed by atoms with E-state index in [1.807, 2.05) is 0 Å². The van der Waals surface area contributed by atoms with E-state index in [1.165, 1.54) is 0 Å². The Bertz CT molecular complexity index is 392. The minimum atomic E-state index is -1.31. The van der Waals surface area contributed by atoms with Crippen LogP contribution in [0.25, 0.3) is 0 Å². The predicted molar refractivity (Wildman–Crippen MR) is 104 cm³/mol. The number of halogens is 4. The zero-order valence-electron chi connectivity index (χ0n) is 13.7. The maximum atomic E-state index is 10.1. The molecule has 10 atom stereocenters. The molecular formula is C12H30Cl4N4O6. The summed E-state index contributed by atoms with van der Waals surface area (Å²) in [5, 5.41) is 39.6. The van der Waals surface area contributed by atoms with Crippen LogP contribution in [0, 0.1) is 0 Å². The molecule has 162 valence electrons. The van der Waals surface area contributed by atoms with Crippen molar-refractivity contribution in [3.8, 4) is 0 Å². The molecular weight excluding hydrogens is 438 g/mol. The van der Waals surface area contributed by atoms with Crippen LogP contribution in [0.3, 0.4) is 0 Å². The number of aliphatic hydroxyl groups is 4. The van der Waals surface area contributed by atoms with Gasteiger partial charge in [-0.2, -0.15) is 0 Å². The van der Waals surface area contributed by atoms with Gasteiger partial charge in [0.25, 0.3) is 0 Å². The minimum absolute atomic E-state index is 0. The van der Waals surface area contributed by atoms with E-state index in [1.54, 1.807) is 0 Å². The Morgan fingerprint density at radius 1 is 0.808 bits per heavy atom. The Labute approximate surface area is 176 Å². The largest absolute Gasteiger partial charge is 0.389 e. The molecule has 12 N–H and O–H groups in total. The van der Waals surface area contributed by atoms with Crippen molar-refractivity contribution in [3.05, 3.63) is 0 Å². The molecule has 1 aliphatic heterocycles. The first-order chi connectivity index (χ1) is 10.3. The molecule has 0 radical (unpaired) electrons. The van der Waals surface area contributed by atoms with E-state index in [0.717, 1.165) is 0 Å². The van der Waals surface area contributed by atoms with Crippen molar-refractivity contribution in [3.63, 3.8) is 0 Å². The van der Waals surface area contributed by atoms with E-state index in [2.05, 4.69) is 0 Å². The van der Waals surface area contributed by atoms with E-state index in [4.69, 9.17) is 32.4 Å². The van der Waals surface area contributed by atoms with E-state index in [-0.39, 0.29) is 62.6 Å². The molecule has 1 heterocycles. The van der Waals surface area contributed by atoms with Gasteiger partial charge in [-0.3, -0.25) is 0 Å². The molecule has 0 aromatic rings. The van der Waals surface area contributed by atoms with Crippen LogP contribution in [0.5, 0.6) is 0 Å². The summed E-state index contributed by atoms with van der Waals surface area (Å²) < 4.78 is 11.0. The summed E-state index contributed by atoms with van der Waals surface area (Å²) in [4.78, 5) is 0. The van der Waals surface area contributed by atoms with Crippen molar-refractivity contribution < 1.29 is 29.9 Å². The average Bonchev–Trinajstić information content (AvgIpc) is 2.49. The van der Waals surface area contributed by atoms with Gasteiger partial charge in [-0.15, -0.1) is 49.6 Å². The molecule has 2 fully saturated rings. The van der Waals surface area contributed by atoms with Gasteiger partial charge in [0, 0.05) is 18.6 Å². The highest BCUT2D eigenvalue weighted by Gasteiger charge is 2.47. The van der Waals surface area contributed by atoms with E-state index >= 15 is 0 Å². The van der Waals surface area contributed by atoms with E-state index < -0.39 is 61.0 Å². The summed E-state index contributed by atoms with van der Waals surface area (Å²) in [6, 6.07) is -2.34. The van der Waals surface area contributed by atoms with Crippen LogP contribution in [0.4, 0.5) is 0 Å². The van der Waals surface area contributed by atoms with Gasteiger partial charge in [-0.25, -0.2) is 0 Å². The topological polar surface area (TPSA) is 203 Å². The third kappa shape index (κ3) is 6.39. The quantitative estimate of drug-likeness (QED) is 0.206. The van der Waals surface area contributed by atoms with Crippen LogP contribution in [-0.4, -0.2) is 88.0 Å². The maximum Gasteiger partial charge on any atom is 0.176 e. The summed E-state index contributed by atoms with van der Waals surface area (Å²) in [5.74, 6) is 0. The van der Waals surface area contributed by atoms with Crippen molar-refractivity contribution in [2.45, 2.75) is 67.5 Å². The molecule has 2 rings (SSSR count). The average molecular weight is 468 g/mol. The van der Waals surface area contributed by atoms with Gasteiger partial charge in [0.1, 0.15) is 30.5 Å². The molecule has 10 nitrogen and oxygen atoms in total. The number of ether oxygens (including phenoxy) is 2. The van der Waals surface area contributed by atoms with Crippen LogP contribution in [0.2, 0.25) is 0 Å². The molecule has 0 bridgehead atoms. The Balaban J connectivity index is -0.00000132. The highest BCUT2D eigenvalue weighted by atomic mass is 35.5. The second-order valence-corrected chi connectivity index (χ2v) is 5.98. The smallest absolute Gasteiger partial charge is 0.176 e. The molecule has 0 spiro atoms. The second-order valence-electron chi connectivity index (χ2n) is 5.98. The normalized spacial score (nSPS) is 45.2. The number of hydrogen-bond acceptors (Lipinski definition) is 10. The van der Waals surface area contributed by atoms with Gasteiger partial charge < -0.3 is 52.8 Å². The van der Waals surface area contributed by atoms with Gasteiger partial charge in [-0.1, -0.05) is 0 Å². The molecule has 1 aliphatic carbocycles. The zero-order valence-corrected chi connectivity index (χ0v) is 17.0. The number of aliphatic hydroxyl groups excluding tert-OH is 4. The molecule has 2 aliphatic rings. The first kappa shape index (κ1) is 31.5. The third-order valence-corrected chi connectivity index (χ3v) is 4.36. The lowest BCUT2D eigenvalue weighted by Gasteiger charge is -2.45. The summed E-state index contributed by atoms with van der Waals surface area (Å²) >= 11 is 0. The zero-order chi connectivity index (χ0) is 16.6. The molecule has 4 unspecified atom stereocenters. The standard InChI is InChI=1S/C12H26N4O6.4ClH/c13-2-5-8(18)9(19)6(16)12(21-5)22-11-4(15)1-3(14)7(17)10(11)20;;;;/h3-12,17-20H,1-2,13-16H2;4*1H/t3-,4?,5?,6+,7-,8-,9?,10?,11-,12+;;;;/m1..../s1. The lowest BCUT2D eigenvalue weighted by Crippen LogP contribution is -2.67. The van der Waals surface area contributed by atoms with Crippen LogP contribution in [0.1, 0.15) is 6.42 Å². The van der Waals surface area contributed by atoms with Crippen molar-refractivity contribution in [1.82, 2.24) is 0 Å². The van der Waals surface area contributed by atoms with Gasteiger partial charge in [0.15, 0.2) is 6.29 Å². The van der Waals surface area contributed by atoms with Gasteiger partial charge in [0.05, 0.1) is 12.1 Å². The first-order valence-corrected chi connectivity index (χ1v) is 7.28. The molecule has 26 heavy (non-hydrogen) atoms. The van der Waals surface area contributed by atoms with Gasteiger partial charge in [0.2, 0.25) is 0 Å². The van der Waals surface area contributed by atoms with Crippen LogP contribution in [-0.2, 0) is 9.47 Å². The van der Waals surface area contributed by atoms with Crippen molar-refractivity contribution in [1.29, 1.82) is 0 Å². The lowest BCUT2D eigenvalue weighted by atomic mass is 9.84. The van der Waals surface area contributed by atoms with Crippen LogP contribution >= 0.6 is 49.6 Å². The molecule has 1 saturated carbocycles. The maximum absolute atomic E-state index is 10.1. The highest BCUT2D eigenvalue weighted by molar-refractivity contribution is 5.86. The van der Waals surface area contributed by atoms with Gasteiger partial charge in [-0.05, 0) is 6.42 Å². The summed E-state index contributed by atoms with van der Waals surface area (Å²) in [6.07, 6.45) is -7.73. The fraction of sp³-hybridized carbons (Fsp3) is 1.00. The van der Waals surface area contributed by atoms with Crippen LogP contribution in [0.15, 0.2) is 0 Å². The Morgan fingerprint density at radius 3 is 1.85 bits per heavy atom. The van der Waals surface area contributed by atoms with Crippen LogP contribution < -0.4 is 22.9 Å². The monoisotopic (exact) mass is 466 g/mol. The summed E-state index contributed by atoms with van der Waals surface area (Å²) in [6.45, 7) is -0.0441. The van der Waals surface area contributed by atoms with Crippen molar-refractivity contribution in [2.75, 3.05) is 6.54 Å². The fourth-order valence-electron chi connectivity index (χ4n) is 2.89. The lowest BCUT2D eigenvalue weighted by molar-refractivity contribution is -0.287. The number of rotatable bonds is 3. The molecule has 0 aromatic heterocycles. The SMILES string of the molecule is Cl.Cl.Cl.Cl.NCC1O[C@@H](O[C@@H]2C(N)C[C@@H](N)[C@@H](O)C2O)[C@@H](N)C(O)[C@@H]1O. The summed E-state index contributed by atoms with van der Waals surface area (Å²) in [7, 11) is 0. The molecule has 0 amide bonds. The highest BCUT2D eigenvalue weighted by Crippen LogP contribution is 2.26. The Kier molecular flexibility index (Phi) is 15.8. The van der Waals surface area contributed by atoms with Crippen molar-refractivity contribution in [2.24, 2.45) is 22.9 Å². The molecule has 1 saturated heterocycles. The molecule has 0 aromatic carbocycles. The van der Waals surface area contributed by atoms with E-state index in [9.17, 15) is 20.4 Å². The predicted octanol–water partition coefficient (Wildman–Crippen LogP) is -3.43. The number of hydrogen-bond donors (Lipinski definition) is 8. The third-order valence-electron chi connectivity index (χ3n) is 4.36. The second kappa shape index (κ2) is 13.1.